The summed E-state index contributed by atoms with van der Waals surface area (Å²) in [6.45, 7) is 3.48. The Balaban J connectivity index is 1.85. The summed E-state index contributed by atoms with van der Waals surface area (Å²) in [4.78, 5) is 25.6. The number of halogens is 2. The molecule has 0 aromatic heterocycles. The molecule has 5 nitrogen and oxygen atoms in total. The maximum atomic E-state index is 12.0. The minimum absolute atomic E-state index is 0.0115. The van der Waals surface area contributed by atoms with Crippen molar-refractivity contribution in [3.63, 3.8) is 0 Å². The van der Waals surface area contributed by atoms with E-state index in [-0.39, 0.29) is 5.91 Å². The molecular formula is C13H16Br2N3O2+. The number of rotatable bonds is 4. The number of benzene rings is 1. The minimum atomic E-state index is -0.0115. The molecule has 0 atom stereocenters. The lowest BCUT2D eigenvalue weighted by atomic mass is 10.3. The Bertz CT molecular complexity index is 502. The highest BCUT2D eigenvalue weighted by molar-refractivity contribution is 9.11. The van der Waals surface area contributed by atoms with Crippen LogP contribution in [0.1, 0.15) is 0 Å². The highest BCUT2D eigenvalue weighted by Crippen LogP contribution is 2.25. The Morgan fingerprint density at radius 3 is 2.65 bits per heavy atom. The number of carbonyl (C=O) groups excluding carboxylic acids is 2. The van der Waals surface area contributed by atoms with Crippen LogP contribution in [0.25, 0.3) is 0 Å². The van der Waals surface area contributed by atoms with Crippen LogP contribution in [-0.2, 0) is 9.59 Å². The van der Waals surface area contributed by atoms with Gasteiger partial charge in [-0.2, -0.15) is 0 Å². The predicted molar refractivity (Wildman–Crippen MR) is 83.7 cm³/mol. The summed E-state index contributed by atoms with van der Waals surface area (Å²) in [6, 6.07) is 5.63. The first kappa shape index (κ1) is 15.5. The van der Waals surface area contributed by atoms with Gasteiger partial charge in [-0.3, -0.25) is 9.59 Å². The molecule has 1 aliphatic rings. The SMILES string of the molecule is O=CN1CC[NH+](CC(=O)Nc2ccc(Br)cc2Br)CC1. The second kappa shape index (κ2) is 7.19. The number of amides is 2. The van der Waals surface area contributed by atoms with Gasteiger partial charge in [0.1, 0.15) is 0 Å². The third-order valence-corrected chi connectivity index (χ3v) is 4.42. The molecule has 0 spiro atoms. The first-order valence-electron chi connectivity index (χ1n) is 6.36. The van der Waals surface area contributed by atoms with Gasteiger partial charge in [-0.15, -0.1) is 0 Å². The van der Waals surface area contributed by atoms with Crippen molar-refractivity contribution in [2.75, 3.05) is 38.0 Å². The maximum absolute atomic E-state index is 12.0. The van der Waals surface area contributed by atoms with Crippen molar-refractivity contribution in [3.05, 3.63) is 27.1 Å². The van der Waals surface area contributed by atoms with Gasteiger partial charge < -0.3 is 15.1 Å². The summed E-state index contributed by atoms with van der Waals surface area (Å²) in [6.07, 6.45) is 0.871. The maximum Gasteiger partial charge on any atom is 0.279 e. The van der Waals surface area contributed by atoms with Gasteiger partial charge in [0.05, 0.1) is 31.9 Å². The number of nitrogens with one attached hydrogen (secondary N) is 2. The zero-order valence-electron chi connectivity index (χ0n) is 10.9. The predicted octanol–water partition coefficient (Wildman–Crippen LogP) is 0.507. The van der Waals surface area contributed by atoms with Gasteiger partial charge >= 0.3 is 0 Å². The Morgan fingerprint density at radius 2 is 2.05 bits per heavy atom. The average molecular weight is 406 g/mol. The summed E-state index contributed by atoms with van der Waals surface area (Å²) < 4.78 is 1.80. The quantitative estimate of drug-likeness (QED) is 0.717. The zero-order valence-corrected chi connectivity index (χ0v) is 14.0. The molecule has 108 valence electrons. The summed E-state index contributed by atoms with van der Waals surface area (Å²) in [5, 5.41) is 2.90. The number of hydrogen-bond acceptors (Lipinski definition) is 2. The largest absolute Gasteiger partial charge is 0.334 e. The number of hydrogen-bond donors (Lipinski definition) is 2. The standard InChI is InChI=1S/C13H15Br2N3O2/c14-10-1-2-12(11(15)7-10)16-13(20)8-17-3-5-18(9-19)6-4-17/h1-2,7,9H,3-6,8H2,(H,16,20)/p+1. The number of nitrogens with zero attached hydrogens (tertiary/aromatic N) is 1. The van der Waals surface area contributed by atoms with Gasteiger partial charge in [0.15, 0.2) is 6.54 Å². The average Bonchev–Trinajstić information content (AvgIpc) is 2.43. The van der Waals surface area contributed by atoms with Gasteiger partial charge in [-0.1, -0.05) is 15.9 Å². The van der Waals surface area contributed by atoms with E-state index in [0.29, 0.717) is 19.6 Å². The van der Waals surface area contributed by atoms with Crippen molar-refractivity contribution in [2.24, 2.45) is 0 Å². The second-order valence-electron chi connectivity index (χ2n) is 4.74. The van der Waals surface area contributed by atoms with Gasteiger partial charge in [0.2, 0.25) is 6.41 Å². The van der Waals surface area contributed by atoms with Crippen molar-refractivity contribution in [1.29, 1.82) is 0 Å². The van der Waals surface area contributed by atoms with Crippen LogP contribution in [0.4, 0.5) is 5.69 Å². The van der Waals surface area contributed by atoms with Crippen LogP contribution in [-0.4, -0.2) is 49.9 Å². The topological polar surface area (TPSA) is 53.9 Å². The molecule has 20 heavy (non-hydrogen) atoms. The van der Waals surface area contributed by atoms with E-state index in [4.69, 9.17) is 0 Å². The van der Waals surface area contributed by atoms with Gasteiger partial charge in [-0.05, 0) is 34.1 Å². The fourth-order valence-electron chi connectivity index (χ4n) is 2.13. The number of quaternary nitrogens is 1. The summed E-state index contributed by atoms with van der Waals surface area (Å²) >= 11 is 6.80. The minimum Gasteiger partial charge on any atom is -0.334 e. The normalized spacial score (nSPS) is 16.0. The molecule has 1 aromatic rings. The van der Waals surface area contributed by atoms with Crippen molar-refractivity contribution in [1.82, 2.24) is 4.90 Å². The number of carbonyl (C=O) groups is 2. The molecule has 1 saturated heterocycles. The van der Waals surface area contributed by atoms with E-state index >= 15 is 0 Å². The first-order chi connectivity index (χ1) is 9.58. The molecular weight excluding hydrogens is 390 g/mol. The van der Waals surface area contributed by atoms with Crippen LogP contribution < -0.4 is 10.2 Å². The summed E-state index contributed by atoms with van der Waals surface area (Å²) in [5.74, 6) is -0.0115. The van der Waals surface area contributed by atoms with Crippen molar-refractivity contribution < 1.29 is 14.5 Å². The van der Waals surface area contributed by atoms with Crippen LogP contribution in [0.3, 0.4) is 0 Å². The summed E-state index contributed by atoms with van der Waals surface area (Å²) in [5.41, 5.74) is 0.768. The Hall–Kier alpha value is -0.920. The summed E-state index contributed by atoms with van der Waals surface area (Å²) in [7, 11) is 0. The molecule has 2 amide bonds. The Labute approximate surface area is 134 Å². The Morgan fingerprint density at radius 1 is 1.35 bits per heavy atom. The molecule has 1 heterocycles. The molecule has 1 aliphatic heterocycles. The lowest BCUT2D eigenvalue weighted by Crippen LogP contribution is -3.15. The fraction of sp³-hybridized carbons (Fsp3) is 0.385. The van der Waals surface area contributed by atoms with Gasteiger partial charge in [-0.25, -0.2) is 0 Å². The van der Waals surface area contributed by atoms with Crippen LogP contribution in [0.5, 0.6) is 0 Å². The molecule has 2 rings (SSSR count). The van der Waals surface area contributed by atoms with Crippen LogP contribution in [0.15, 0.2) is 27.1 Å². The van der Waals surface area contributed by atoms with Crippen LogP contribution in [0.2, 0.25) is 0 Å². The first-order valence-corrected chi connectivity index (χ1v) is 7.95. The molecule has 0 aliphatic carbocycles. The monoisotopic (exact) mass is 404 g/mol. The third kappa shape index (κ3) is 4.29. The van der Waals surface area contributed by atoms with Crippen LogP contribution in [0, 0.1) is 0 Å². The lowest BCUT2D eigenvalue weighted by molar-refractivity contribution is -0.895. The van der Waals surface area contributed by atoms with E-state index in [2.05, 4.69) is 37.2 Å². The molecule has 7 heteroatoms. The smallest absolute Gasteiger partial charge is 0.279 e. The van der Waals surface area contributed by atoms with E-state index in [1.807, 2.05) is 18.2 Å². The molecule has 2 N–H and O–H groups in total. The van der Waals surface area contributed by atoms with Gasteiger partial charge in [0.25, 0.3) is 5.91 Å². The van der Waals surface area contributed by atoms with Crippen LogP contribution >= 0.6 is 31.9 Å². The molecule has 0 unspecified atom stereocenters. The zero-order chi connectivity index (χ0) is 14.5. The van der Waals surface area contributed by atoms with Crippen molar-refractivity contribution in [3.8, 4) is 0 Å². The molecule has 0 bridgehead atoms. The van der Waals surface area contributed by atoms with E-state index in [1.165, 1.54) is 4.90 Å². The highest BCUT2D eigenvalue weighted by Gasteiger charge is 2.21. The highest BCUT2D eigenvalue weighted by atomic mass is 79.9. The van der Waals surface area contributed by atoms with E-state index in [9.17, 15) is 9.59 Å². The molecule has 1 fully saturated rings. The lowest BCUT2D eigenvalue weighted by Gasteiger charge is -2.29. The second-order valence-corrected chi connectivity index (χ2v) is 6.51. The fourth-order valence-corrected chi connectivity index (χ4v) is 3.28. The van der Waals surface area contributed by atoms with E-state index in [1.54, 1.807) is 4.90 Å². The third-order valence-electron chi connectivity index (χ3n) is 3.27. The van der Waals surface area contributed by atoms with Gasteiger partial charge in [0, 0.05) is 8.95 Å². The number of anilines is 1. The molecule has 1 aromatic carbocycles. The van der Waals surface area contributed by atoms with Crippen molar-refractivity contribution in [2.45, 2.75) is 0 Å². The van der Waals surface area contributed by atoms with E-state index in [0.717, 1.165) is 34.1 Å². The molecule has 0 saturated carbocycles. The Kier molecular flexibility index (Phi) is 5.56. The number of piperazine rings is 1. The van der Waals surface area contributed by atoms with E-state index < -0.39 is 0 Å². The molecule has 0 radical (unpaired) electrons. The van der Waals surface area contributed by atoms with Crippen molar-refractivity contribution >= 4 is 49.9 Å².